The van der Waals surface area contributed by atoms with Crippen molar-refractivity contribution in [2.75, 3.05) is 18.5 Å². The van der Waals surface area contributed by atoms with Gasteiger partial charge in [-0.05, 0) is 57.4 Å². The molecule has 0 spiro atoms. The van der Waals surface area contributed by atoms with Gasteiger partial charge in [0.15, 0.2) is 0 Å². The average molecular weight is 444 g/mol. The number of carbonyl (C=O) groups is 3. The second kappa shape index (κ2) is 9.34. The normalized spacial score (nSPS) is 10.9. The molecule has 8 heteroatoms. The number of benzene rings is 1. The summed E-state index contributed by atoms with van der Waals surface area (Å²) in [7, 11) is 0. The molecule has 1 aromatic carbocycles. The zero-order valence-corrected chi connectivity index (χ0v) is 19.0. The average Bonchev–Trinajstić information content (AvgIpc) is 3.23. The first-order valence-electron chi connectivity index (χ1n) is 10.0. The maximum atomic E-state index is 12.8. The summed E-state index contributed by atoms with van der Waals surface area (Å²) < 4.78 is 15.8. The molecule has 2 aromatic heterocycles. The number of hydrogen-bond acceptors (Lipinski definition) is 7. The van der Waals surface area contributed by atoms with Gasteiger partial charge in [-0.25, -0.2) is 9.59 Å². The summed E-state index contributed by atoms with van der Waals surface area (Å²) in [5.41, 5.74) is 4.18. The zero-order chi connectivity index (χ0) is 22.7. The van der Waals surface area contributed by atoms with E-state index in [0.717, 1.165) is 39.0 Å². The highest BCUT2D eigenvalue weighted by Crippen LogP contribution is 2.35. The maximum Gasteiger partial charge on any atom is 0.348 e. The molecule has 1 amide bonds. The molecule has 31 heavy (non-hydrogen) atoms. The minimum atomic E-state index is -0.595. The lowest BCUT2D eigenvalue weighted by Gasteiger charge is -2.07. The number of carbonyl (C=O) groups excluding carboxylic acids is 3. The van der Waals surface area contributed by atoms with Crippen LogP contribution in [0.4, 0.5) is 5.00 Å². The zero-order valence-electron chi connectivity index (χ0n) is 18.2. The van der Waals surface area contributed by atoms with Crippen LogP contribution in [0.5, 0.6) is 0 Å². The predicted molar refractivity (Wildman–Crippen MR) is 119 cm³/mol. The summed E-state index contributed by atoms with van der Waals surface area (Å²) in [5.74, 6) is -1.46. The van der Waals surface area contributed by atoms with E-state index >= 15 is 0 Å². The number of hydrogen-bond donors (Lipinski definition) is 1. The lowest BCUT2D eigenvalue weighted by Crippen LogP contribution is -2.16. The van der Waals surface area contributed by atoms with Gasteiger partial charge in [-0.15, -0.1) is 11.3 Å². The Kier molecular flexibility index (Phi) is 6.80. The number of amides is 1. The number of furan rings is 1. The van der Waals surface area contributed by atoms with Crippen molar-refractivity contribution >= 4 is 45.2 Å². The van der Waals surface area contributed by atoms with Gasteiger partial charge in [-0.3, -0.25) is 4.79 Å². The minimum absolute atomic E-state index is 0.0604. The number of rotatable bonds is 7. The van der Waals surface area contributed by atoms with Gasteiger partial charge in [0.05, 0.1) is 31.5 Å². The van der Waals surface area contributed by atoms with Gasteiger partial charge in [-0.2, -0.15) is 0 Å². The van der Waals surface area contributed by atoms with Crippen LogP contribution >= 0.6 is 11.3 Å². The predicted octanol–water partition coefficient (Wildman–Crippen LogP) is 4.95. The van der Waals surface area contributed by atoms with Crippen molar-refractivity contribution in [1.82, 2.24) is 0 Å². The van der Waals surface area contributed by atoms with E-state index in [2.05, 4.69) is 5.32 Å². The quantitative estimate of drug-likeness (QED) is 0.519. The third-order valence-corrected chi connectivity index (χ3v) is 5.97. The number of nitrogens with one attached hydrogen (secondary N) is 1. The molecule has 0 saturated carbocycles. The summed E-state index contributed by atoms with van der Waals surface area (Å²) in [5, 5.41) is 3.94. The van der Waals surface area contributed by atoms with E-state index in [1.165, 1.54) is 0 Å². The lowest BCUT2D eigenvalue weighted by molar-refractivity contribution is -0.115. The topological polar surface area (TPSA) is 94.8 Å². The van der Waals surface area contributed by atoms with E-state index in [4.69, 9.17) is 13.9 Å². The molecule has 0 aliphatic rings. The Balaban J connectivity index is 1.91. The summed E-state index contributed by atoms with van der Waals surface area (Å²) in [6, 6.07) is 3.96. The van der Waals surface area contributed by atoms with Crippen molar-refractivity contribution < 1.29 is 28.3 Å². The molecule has 0 radical (unpaired) electrons. The molecular weight excluding hydrogens is 418 g/mol. The summed E-state index contributed by atoms with van der Waals surface area (Å²) in [6.45, 7) is 9.37. The second-order valence-corrected chi connectivity index (χ2v) is 8.16. The van der Waals surface area contributed by atoms with Crippen LogP contribution in [0.15, 0.2) is 22.8 Å². The van der Waals surface area contributed by atoms with E-state index in [9.17, 15) is 14.4 Å². The van der Waals surface area contributed by atoms with Gasteiger partial charge in [0.25, 0.3) is 0 Å². The molecule has 0 bridgehead atoms. The molecule has 3 rings (SSSR count). The van der Waals surface area contributed by atoms with Crippen molar-refractivity contribution in [3.8, 4) is 0 Å². The molecule has 0 aliphatic heterocycles. The first-order chi connectivity index (χ1) is 14.8. The first-order valence-corrected chi connectivity index (χ1v) is 10.8. The highest BCUT2D eigenvalue weighted by Gasteiger charge is 2.27. The molecule has 0 atom stereocenters. The smallest absolute Gasteiger partial charge is 0.348 e. The van der Waals surface area contributed by atoms with Crippen LogP contribution in [0.2, 0.25) is 0 Å². The maximum absolute atomic E-state index is 12.8. The Morgan fingerprint density at radius 1 is 1.03 bits per heavy atom. The first kappa shape index (κ1) is 22.6. The number of aryl methyl sites for hydroxylation is 2. The molecule has 1 N–H and O–H groups in total. The monoisotopic (exact) mass is 443 g/mol. The fourth-order valence-corrected chi connectivity index (χ4v) is 4.65. The summed E-state index contributed by atoms with van der Waals surface area (Å²) >= 11 is 1.01. The molecule has 7 nitrogen and oxygen atoms in total. The SMILES string of the molecule is CCOC(=O)c1sc(NC(=O)Cc2coc3cc(C)cc(C)c23)c(C(=O)OCC)c1C. The number of thiophene rings is 1. The van der Waals surface area contributed by atoms with Crippen molar-refractivity contribution in [2.24, 2.45) is 0 Å². The van der Waals surface area contributed by atoms with Gasteiger partial charge in [0, 0.05) is 10.9 Å². The van der Waals surface area contributed by atoms with E-state index < -0.39 is 11.9 Å². The highest BCUT2D eigenvalue weighted by atomic mass is 32.1. The van der Waals surface area contributed by atoms with Gasteiger partial charge in [-0.1, -0.05) is 6.07 Å². The van der Waals surface area contributed by atoms with Crippen LogP contribution in [0.1, 0.15) is 56.1 Å². The summed E-state index contributed by atoms with van der Waals surface area (Å²) in [6.07, 6.45) is 1.64. The number of anilines is 1. The van der Waals surface area contributed by atoms with Gasteiger partial charge in [0.1, 0.15) is 15.5 Å². The fraction of sp³-hybridized carbons (Fsp3) is 0.348. The van der Waals surface area contributed by atoms with Crippen molar-refractivity contribution in [1.29, 1.82) is 0 Å². The Morgan fingerprint density at radius 2 is 1.71 bits per heavy atom. The molecule has 0 fully saturated rings. The minimum Gasteiger partial charge on any atom is -0.464 e. The van der Waals surface area contributed by atoms with Gasteiger partial charge in [0.2, 0.25) is 5.91 Å². The molecule has 0 unspecified atom stereocenters. The Morgan fingerprint density at radius 3 is 2.39 bits per heavy atom. The van der Waals surface area contributed by atoms with E-state index in [0.29, 0.717) is 5.56 Å². The number of esters is 2. The molecule has 3 aromatic rings. The van der Waals surface area contributed by atoms with Crippen LogP contribution in [-0.4, -0.2) is 31.1 Å². The second-order valence-electron chi connectivity index (χ2n) is 7.14. The highest BCUT2D eigenvalue weighted by molar-refractivity contribution is 7.18. The standard InChI is InChI=1S/C23H25NO6S/c1-6-28-22(26)19-14(5)20(23(27)29-7-2)31-21(19)24-17(25)10-15-11-30-16-9-12(3)8-13(4)18(15)16/h8-9,11H,6-7,10H2,1-5H3,(H,24,25). The van der Waals surface area contributed by atoms with Crippen molar-refractivity contribution in [3.05, 3.63) is 51.1 Å². The number of ether oxygens (including phenoxy) is 2. The Hall–Kier alpha value is -3.13. The van der Waals surface area contributed by atoms with Gasteiger partial charge >= 0.3 is 11.9 Å². The third kappa shape index (κ3) is 4.64. The molecular formula is C23H25NO6S. The number of fused-ring (bicyclic) bond motifs is 1. The van der Waals surface area contributed by atoms with Crippen LogP contribution < -0.4 is 5.32 Å². The van der Waals surface area contributed by atoms with E-state index in [-0.39, 0.29) is 41.0 Å². The Bertz CT molecular complexity index is 1160. The van der Waals surface area contributed by atoms with Gasteiger partial charge < -0.3 is 19.2 Å². The Labute approximate surface area is 184 Å². The van der Waals surface area contributed by atoms with Crippen molar-refractivity contribution in [3.63, 3.8) is 0 Å². The fourth-order valence-electron chi connectivity index (χ4n) is 3.54. The van der Waals surface area contributed by atoms with Crippen LogP contribution in [-0.2, 0) is 20.7 Å². The molecule has 164 valence electrons. The molecule has 2 heterocycles. The van der Waals surface area contributed by atoms with Crippen molar-refractivity contribution in [2.45, 2.75) is 41.0 Å². The van der Waals surface area contributed by atoms with Crippen LogP contribution in [0.3, 0.4) is 0 Å². The van der Waals surface area contributed by atoms with Crippen LogP contribution in [0, 0.1) is 20.8 Å². The van der Waals surface area contributed by atoms with E-state index in [1.807, 2.05) is 26.0 Å². The van der Waals surface area contributed by atoms with Crippen LogP contribution in [0.25, 0.3) is 11.0 Å². The lowest BCUT2D eigenvalue weighted by atomic mass is 10.0. The molecule has 0 aliphatic carbocycles. The van der Waals surface area contributed by atoms with E-state index in [1.54, 1.807) is 27.0 Å². The summed E-state index contributed by atoms with van der Waals surface area (Å²) in [4.78, 5) is 37.9. The largest absolute Gasteiger partial charge is 0.464 e. The third-order valence-electron chi connectivity index (χ3n) is 4.78. The molecule has 0 saturated heterocycles.